The van der Waals surface area contributed by atoms with E-state index in [9.17, 15) is 10.1 Å². The zero-order valence-corrected chi connectivity index (χ0v) is 18.2. The normalized spacial score (nSPS) is 27.4. The maximum Gasteiger partial charge on any atom is 0.254 e. The first kappa shape index (κ1) is 19.7. The van der Waals surface area contributed by atoms with Crippen LogP contribution in [0.5, 0.6) is 0 Å². The van der Waals surface area contributed by atoms with E-state index in [4.69, 9.17) is 20.9 Å². The Balaban J connectivity index is 1.42. The van der Waals surface area contributed by atoms with Crippen molar-refractivity contribution in [3.63, 3.8) is 0 Å². The molecular formula is C22H21ClN6O3. The fourth-order valence-electron chi connectivity index (χ4n) is 4.71. The highest BCUT2D eigenvalue weighted by Gasteiger charge is 2.50. The Kier molecular flexibility index (Phi) is 4.32. The molecule has 0 N–H and O–H groups in total. The standard InChI is InChI=1S/C22H21ClN6O3/c1-22(6-7-22)21-26-19(32-27-21)16-18-20(30)28(10-12-3-2-8-31-12)17-13(9-24)14(23)4-5-15(17)29(18)11-25-16/h4-5,11-12,16,18H,2-3,6-8,10H2,1H3. The van der Waals surface area contributed by atoms with Gasteiger partial charge in [0.1, 0.15) is 12.1 Å². The summed E-state index contributed by atoms with van der Waals surface area (Å²) in [5, 5.41) is 14.3. The van der Waals surface area contributed by atoms with Crippen molar-refractivity contribution in [1.82, 2.24) is 10.1 Å². The van der Waals surface area contributed by atoms with Gasteiger partial charge in [-0.2, -0.15) is 10.2 Å². The molecule has 3 unspecified atom stereocenters. The number of fused-ring (bicyclic) bond motifs is 3. The lowest BCUT2D eigenvalue weighted by Gasteiger charge is -2.40. The van der Waals surface area contributed by atoms with Crippen LogP contribution >= 0.6 is 11.6 Å². The number of benzene rings is 1. The Morgan fingerprint density at radius 3 is 2.94 bits per heavy atom. The molecule has 6 rings (SSSR count). The van der Waals surface area contributed by atoms with Gasteiger partial charge in [-0.3, -0.25) is 9.79 Å². The molecule has 10 heteroatoms. The summed E-state index contributed by atoms with van der Waals surface area (Å²) in [6.07, 6.45) is 5.39. The van der Waals surface area contributed by atoms with Crippen LogP contribution in [-0.4, -0.2) is 47.7 Å². The van der Waals surface area contributed by atoms with Gasteiger partial charge in [-0.15, -0.1) is 0 Å². The topological polar surface area (TPSA) is 108 Å². The average molecular weight is 453 g/mol. The number of hydrogen-bond donors (Lipinski definition) is 0. The number of nitrogens with zero attached hydrogens (tertiary/aromatic N) is 6. The second-order valence-electron chi connectivity index (χ2n) is 9.06. The van der Waals surface area contributed by atoms with Crippen molar-refractivity contribution >= 4 is 35.2 Å². The SMILES string of the molecule is CC1(c2noc(C3N=CN4c5ccc(Cl)c(C#N)c5N(CC5CCCO5)C(=O)C34)n2)CC1. The van der Waals surface area contributed by atoms with Gasteiger partial charge in [0.05, 0.1) is 40.9 Å². The minimum absolute atomic E-state index is 0.0444. The van der Waals surface area contributed by atoms with Crippen molar-refractivity contribution in [1.29, 1.82) is 5.26 Å². The van der Waals surface area contributed by atoms with Crippen molar-refractivity contribution in [2.24, 2.45) is 4.99 Å². The summed E-state index contributed by atoms with van der Waals surface area (Å²) in [6, 6.07) is 4.38. The first-order valence-corrected chi connectivity index (χ1v) is 11.2. The molecule has 2 aromatic rings. The van der Waals surface area contributed by atoms with E-state index < -0.39 is 12.1 Å². The quantitative estimate of drug-likeness (QED) is 0.701. The molecule has 9 nitrogen and oxygen atoms in total. The van der Waals surface area contributed by atoms with Gasteiger partial charge in [0.15, 0.2) is 11.9 Å². The number of halogens is 1. The fraction of sp³-hybridized carbons (Fsp3) is 0.500. The summed E-state index contributed by atoms with van der Waals surface area (Å²) in [5.41, 5.74) is 1.43. The highest BCUT2D eigenvalue weighted by molar-refractivity contribution is 6.33. The maximum absolute atomic E-state index is 13.8. The summed E-state index contributed by atoms with van der Waals surface area (Å²) in [5.74, 6) is 0.812. The van der Waals surface area contributed by atoms with Gasteiger partial charge in [-0.25, -0.2) is 0 Å². The van der Waals surface area contributed by atoms with Crippen LogP contribution in [0.4, 0.5) is 11.4 Å². The number of hydrogen-bond acceptors (Lipinski definition) is 8. The number of rotatable bonds is 4. The minimum atomic E-state index is -0.670. The number of carbonyl (C=O) groups is 1. The highest BCUT2D eigenvalue weighted by Crippen LogP contribution is 2.48. The van der Waals surface area contributed by atoms with Gasteiger partial charge in [0.25, 0.3) is 11.8 Å². The molecule has 4 heterocycles. The van der Waals surface area contributed by atoms with Crippen molar-refractivity contribution < 1.29 is 14.1 Å². The minimum Gasteiger partial charge on any atom is -0.376 e. The molecule has 164 valence electrons. The molecule has 0 bridgehead atoms. The molecule has 1 saturated carbocycles. The van der Waals surface area contributed by atoms with E-state index in [-0.39, 0.29) is 23.0 Å². The third kappa shape index (κ3) is 2.86. The first-order valence-electron chi connectivity index (χ1n) is 10.8. The highest BCUT2D eigenvalue weighted by atomic mass is 35.5. The largest absolute Gasteiger partial charge is 0.376 e. The van der Waals surface area contributed by atoms with E-state index in [0.29, 0.717) is 41.3 Å². The number of ether oxygens (including phenoxy) is 1. The second kappa shape index (κ2) is 7.02. The van der Waals surface area contributed by atoms with Crippen LogP contribution in [-0.2, 0) is 14.9 Å². The molecule has 0 spiro atoms. The monoisotopic (exact) mass is 452 g/mol. The van der Waals surface area contributed by atoms with Crippen molar-refractivity contribution in [3.05, 3.63) is 34.4 Å². The van der Waals surface area contributed by atoms with Gasteiger partial charge < -0.3 is 19.1 Å². The number of nitriles is 1. The second-order valence-corrected chi connectivity index (χ2v) is 9.47. The summed E-state index contributed by atoms with van der Waals surface area (Å²) in [4.78, 5) is 26.4. The molecule has 3 aliphatic heterocycles. The number of carbonyl (C=O) groups excluding carboxylic acids is 1. The molecule has 2 fully saturated rings. The molecule has 3 atom stereocenters. The van der Waals surface area contributed by atoms with Gasteiger partial charge >= 0.3 is 0 Å². The van der Waals surface area contributed by atoms with Crippen molar-refractivity contribution in [2.75, 3.05) is 23.0 Å². The molecule has 0 radical (unpaired) electrons. The van der Waals surface area contributed by atoms with Crippen molar-refractivity contribution in [2.45, 2.75) is 56.2 Å². The van der Waals surface area contributed by atoms with Crippen LogP contribution in [0.1, 0.15) is 55.9 Å². The van der Waals surface area contributed by atoms with E-state index in [1.807, 2.05) is 6.07 Å². The molecule has 1 aromatic heterocycles. The molecule has 1 aliphatic carbocycles. The Hall–Kier alpha value is -2.96. The lowest BCUT2D eigenvalue weighted by Crippen LogP contribution is -2.54. The fourth-order valence-corrected chi connectivity index (χ4v) is 4.91. The smallest absolute Gasteiger partial charge is 0.254 e. The third-order valence-electron chi connectivity index (χ3n) is 6.88. The molecule has 4 aliphatic rings. The molecule has 1 aromatic carbocycles. The van der Waals surface area contributed by atoms with Gasteiger partial charge in [-0.05, 0) is 37.8 Å². The first-order chi connectivity index (χ1) is 15.5. The molecule has 1 amide bonds. The Bertz CT molecular complexity index is 1180. The number of amides is 1. The average Bonchev–Trinajstić information content (AvgIpc) is 3.25. The van der Waals surface area contributed by atoms with Crippen LogP contribution in [0.15, 0.2) is 21.6 Å². The maximum atomic E-state index is 13.8. The van der Waals surface area contributed by atoms with E-state index in [2.05, 4.69) is 28.1 Å². The van der Waals surface area contributed by atoms with Crippen LogP contribution in [0.3, 0.4) is 0 Å². The predicted octanol–water partition coefficient (Wildman–Crippen LogP) is 3.13. The number of aliphatic imine (C=N–C) groups is 1. The summed E-state index contributed by atoms with van der Waals surface area (Å²) >= 11 is 6.33. The Morgan fingerprint density at radius 2 is 2.22 bits per heavy atom. The summed E-state index contributed by atoms with van der Waals surface area (Å²) < 4.78 is 11.4. The lowest BCUT2D eigenvalue weighted by molar-refractivity contribution is -0.120. The van der Waals surface area contributed by atoms with Crippen LogP contribution in [0.25, 0.3) is 0 Å². The number of anilines is 2. The lowest BCUT2D eigenvalue weighted by atomic mass is 9.98. The zero-order chi connectivity index (χ0) is 22.0. The van der Waals surface area contributed by atoms with E-state index in [0.717, 1.165) is 25.7 Å². The third-order valence-corrected chi connectivity index (χ3v) is 7.19. The van der Waals surface area contributed by atoms with E-state index in [1.54, 1.807) is 22.2 Å². The molecule has 1 saturated heterocycles. The Morgan fingerprint density at radius 1 is 1.38 bits per heavy atom. The summed E-state index contributed by atoms with van der Waals surface area (Å²) in [6.45, 7) is 3.13. The van der Waals surface area contributed by atoms with Crippen LogP contribution in [0, 0.1) is 11.3 Å². The van der Waals surface area contributed by atoms with Gasteiger partial charge in [-0.1, -0.05) is 23.7 Å². The van der Waals surface area contributed by atoms with Gasteiger partial charge in [0, 0.05) is 12.0 Å². The van der Waals surface area contributed by atoms with E-state index in [1.165, 1.54) is 0 Å². The van der Waals surface area contributed by atoms with Gasteiger partial charge in [0.2, 0.25) is 0 Å². The molecule has 32 heavy (non-hydrogen) atoms. The molecular weight excluding hydrogens is 432 g/mol. The van der Waals surface area contributed by atoms with E-state index >= 15 is 0 Å². The van der Waals surface area contributed by atoms with Crippen LogP contribution < -0.4 is 9.80 Å². The van der Waals surface area contributed by atoms with Crippen LogP contribution in [0.2, 0.25) is 5.02 Å². The predicted molar refractivity (Wildman–Crippen MR) is 116 cm³/mol. The number of aromatic nitrogens is 2. The zero-order valence-electron chi connectivity index (χ0n) is 17.5. The van der Waals surface area contributed by atoms with Crippen molar-refractivity contribution in [3.8, 4) is 6.07 Å². The summed E-state index contributed by atoms with van der Waals surface area (Å²) in [7, 11) is 0. The Labute approximate surface area is 189 Å².